The summed E-state index contributed by atoms with van der Waals surface area (Å²) in [6.07, 6.45) is -3.13. The van der Waals surface area contributed by atoms with Crippen molar-refractivity contribution >= 4 is 5.65 Å². The molecule has 0 fully saturated rings. The maximum Gasteiger partial charge on any atom is 0.416 e. The first-order valence-corrected chi connectivity index (χ1v) is 9.12. The molecule has 162 valence electrons. The molecule has 6 nitrogen and oxygen atoms in total. The standard InChI is InChI=1S/C18H10F5N5O.C2H6/c19-15(20)16-27-26-13-9-10(5-8-28(13)16)14-17(25-7-6-24-14)29-12-3-1-11(2-4-12)18(21,22)23;1-2/h1-9,15H;1-2H3. The van der Waals surface area contributed by atoms with Crippen molar-refractivity contribution in [2.45, 2.75) is 26.4 Å². The normalized spacial score (nSPS) is 11.4. The Hall–Kier alpha value is -3.63. The summed E-state index contributed by atoms with van der Waals surface area (Å²) in [5.41, 5.74) is 0.0810. The summed E-state index contributed by atoms with van der Waals surface area (Å²) >= 11 is 0. The summed E-state index contributed by atoms with van der Waals surface area (Å²) in [7, 11) is 0. The topological polar surface area (TPSA) is 65.2 Å². The van der Waals surface area contributed by atoms with Crippen molar-refractivity contribution in [1.82, 2.24) is 24.6 Å². The second-order valence-electron chi connectivity index (χ2n) is 5.84. The lowest BCUT2D eigenvalue weighted by atomic mass is 10.2. The Kier molecular flexibility index (Phi) is 6.42. The zero-order valence-electron chi connectivity index (χ0n) is 16.3. The van der Waals surface area contributed by atoms with Crippen LogP contribution in [-0.2, 0) is 6.18 Å². The predicted octanol–water partition coefficient (Wildman–Crippen LogP) is 5.96. The van der Waals surface area contributed by atoms with Crippen molar-refractivity contribution in [1.29, 1.82) is 0 Å². The van der Waals surface area contributed by atoms with Crippen LogP contribution in [0.3, 0.4) is 0 Å². The molecule has 0 aliphatic rings. The average Bonchev–Trinajstić information content (AvgIpc) is 3.19. The van der Waals surface area contributed by atoms with Crippen molar-refractivity contribution in [2.75, 3.05) is 0 Å². The lowest BCUT2D eigenvalue weighted by molar-refractivity contribution is -0.137. The highest BCUT2D eigenvalue weighted by molar-refractivity contribution is 5.68. The molecule has 0 radical (unpaired) electrons. The fourth-order valence-corrected chi connectivity index (χ4v) is 2.63. The number of pyridine rings is 1. The highest BCUT2D eigenvalue weighted by Gasteiger charge is 2.30. The second-order valence-corrected chi connectivity index (χ2v) is 5.84. The molecule has 31 heavy (non-hydrogen) atoms. The number of fused-ring (bicyclic) bond motifs is 1. The van der Waals surface area contributed by atoms with Gasteiger partial charge in [-0.15, -0.1) is 10.2 Å². The van der Waals surface area contributed by atoms with Crippen LogP contribution < -0.4 is 4.74 Å². The molecule has 4 aromatic rings. The van der Waals surface area contributed by atoms with Crippen molar-refractivity contribution in [3.05, 3.63) is 66.4 Å². The fourth-order valence-electron chi connectivity index (χ4n) is 2.63. The minimum absolute atomic E-state index is 0.0326. The van der Waals surface area contributed by atoms with E-state index in [0.717, 1.165) is 28.7 Å². The summed E-state index contributed by atoms with van der Waals surface area (Å²) in [5.74, 6) is -0.333. The highest BCUT2D eigenvalue weighted by atomic mass is 19.4. The summed E-state index contributed by atoms with van der Waals surface area (Å²) in [5, 5.41) is 7.16. The number of nitrogens with zero attached hydrogens (tertiary/aromatic N) is 5. The van der Waals surface area contributed by atoms with Crippen LogP contribution in [0.4, 0.5) is 22.0 Å². The first-order chi connectivity index (χ1) is 14.8. The molecule has 0 spiro atoms. The van der Waals surface area contributed by atoms with Gasteiger partial charge in [-0.3, -0.25) is 4.40 Å². The Morgan fingerprint density at radius 1 is 0.935 bits per heavy atom. The molecular formula is C20H16F5N5O. The lowest BCUT2D eigenvalue weighted by Gasteiger charge is -2.11. The zero-order valence-corrected chi connectivity index (χ0v) is 16.3. The van der Waals surface area contributed by atoms with Crippen LogP contribution in [0.1, 0.15) is 31.7 Å². The van der Waals surface area contributed by atoms with Gasteiger partial charge in [0.1, 0.15) is 11.4 Å². The van der Waals surface area contributed by atoms with E-state index >= 15 is 0 Å². The number of alkyl halides is 5. The predicted molar refractivity (Wildman–Crippen MR) is 102 cm³/mol. The van der Waals surface area contributed by atoms with E-state index in [2.05, 4.69) is 20.2 Å². The van der Waals surface area contributed by atoms with Gasteiger partial charge in [-0.1, -0.05) is 13.8 Å². The zero-order chi connectivity index (χ0) is 22.6. The highest BCUT2D eigenvalue weighted by Crippen LogP contribution is 2.33. The van der Waals surface area contributed by atoms with Crippen LogP contribution in [0.15, 0.2) is 55.0 Å². The quantitative estimate of drug-likeness (QED) is 0.369. The monoisotopic (exact) mass is 437 g/mol. The SMILES string of the molecule is CC.FC(F)c1nnc2cc(-c3nccnc3Oc3ccc(C(F)(F)F)cc3)ccn12. The Bertz CT molecular complexity index is 1160. The Morgan fingerprint density at radius 3 is 2.26 bits per heavy atom. The molecule has 11 heteroatoms. The van der Waals surface area contributed by atoms with Gasteiger partial charge in [0.2, 0.25) is 11.7 Å². The third kappa shape index (κ3) is 4.76. The van der Waals surface area contributed by atoms with Crippen molar-refractivity contribution < 1.29 is 26.7 Å². The van der Waals surface area contributed by atoms with Crippen molar-refractivity contribution in [3.8, 4) is 22.9 Å². The molecule has 0 aliphatic carbocycles. The number of aromatic nitrogens is 5. The molecule has 1 aromatic carbocycles. The van der Waals surface area contributed by atoms with Gasteiger partial charge in [0.15, 0.2) is 5.65 Å². The molecular weight excluding hydrogens is 421 g/mol. The first-order valence-electron chi connectivity index (χ1n) is 9.12. The van der Waals surface area contributed by atoms with E-state index in [0.29, 0.717) is 5.56 Å². The summed E-state index contributed by atoms with van der Waals surface area (Å²) in [6.45, 7) is 4.00. The van der Waals surface area contributed by atoms with Crippen molar-refractivity contribution in [3.63, 3.8) is 0 Å². The lowest BCUT2D eigenvalue weighted by Crippen LogP contribution is -2.04. The minimum atomic E-state index is -4.46. The Labute approximate surface area is 173 Å². The third-order valence-electron chi connectivity index (χ3n) is 3.97. The fraction of sp³-hybridized carbons (Fsp3) is 0.200. The van der Waals surface area contributed by atoms with E-state index in [4.69, 9.17) is 4.74 Å². The minimum Gasteiger partial charge on any atom is -0.437 e. The smallest absolute Gasteiger partial charge is 0.416 e. The third-order valence-corrected chi connectivity index (χ3v) is 3.97. The summed E-state index contributed by atoms with van der Waals surface area (Å²) in [6, 6.07) is 7.09. The second kappa shape index (κ2) is 9.02. The van der Waals surface area contributed by atoms with Gasteiger partial charge in [-0.05, 0) is 36.4 Å². The van der Waals surface area contributed by atoms with E-state index < -0.39 is 24.0 Å². The maximum atomic E-state index is 12.9. The molecule has 0 saturated carbocycles. The van der Waals surface area contributed by atoms with Crippen LogP contribution in [0, 0.1) is 0 Å². The number of rotatable bonds is 4. The number of hydrogen-bond donors (Lipinski definition) is 0. The van der Waals surface area contributed by atoms with E-state index in [1.54, 1.807) is 0 Å². The molecule has 0 N–H and O–H groups in total. The summed E-state index contributed by atoms with van der Waals surface area (Å²) < 4.78 is 70.6. The molecule has 0 aliphatic heterocycles. The molecule has 0 atom stereocenters. The molecule has 0 bridgehead atoms. The molecule has 0 saturated heterocycles. The first kappa shape index (κ1) is 22.1. The molecule has 0 amide bonds. The van der Waals surface area contributed by atoms with Crippen LogP contribution in [0.25, 0.3) is 16.9 Å². The Morgan fingerprint density at radius 2 is 1.61 bits per heavy atom. The van der Waals surface area contributed by atoms with Gasteiger partial charge in [0.25, 0.3) is 6.43 Å². The van der Waals surface area contributed by atoms with Gasteiger partial charge in [0.05, 0.1) is 5.56 Å². The van der Waals surface area contributed by atoms with E-state index in [9.17, 15) is 22.0 Å². The van der Waals surface area contributed by atoms with E-state index in [-0.39, 0.29) is 23.0 Å². The molecule has 0 unspecified atom stereocenters. The average molecular weight is 437 g/mol. The van der Waals surface area contributed by atoms with Crippen LogP contribution >= 0.6 is 0 Å². The van der Waals surface area contributed by atoms with E-state index in [1.807, 2.05) is 13.8 Å². The number of ether oxygens (including phenoxy) is 1. The van der Waals surface area contributed by atoms with Gasteiger partial charge >= 0.3 is 6.18 Å². The molecule has 3 aromatic heterocycles. The van der Waals surface area contributed by atoms with Gasteiger partial charge in [0, 0.05) is 24.2 Å². The maximum absolute atomic E-state index is 12.9. The Balaban J connectivity index is 0.00000132. The van der Waals surface area contributed by atoms with Crippen molar-refractivity contribution in [2.24, 2.45) is 0 Å². The largest absolute Gasteiger partial charge is 0.437 e. The number of hydrogen-bond acceptors (Lipinski definition) is 5. The van der Waals surface area contributed by atoms with Crippen LogP contribution in [0.2, 0.25) is 0 Å². The summed E-state index contributed by atoms with van der Waals surface area (Å²) in [4.78, 5) is 8.24. The molecule has 3 heterocycles. The van der Waals surface area contributed by atoms with Gasteiger partial charge < -0.3 is 4.74 Å². The number of halogens is 5. The number of benzene rings is 1. The van der Waals surface area contributed by atoms with Gasteiger partial charge in [-0.2, -0.15) is 13.2 Å². The molecule has 4 rings (SSSR count). The van der Waals surface area contributed by atoms with E-state index in [1.165, 1.54) is 30.7 Å². The van der Waals surface area contributed by atoms with Gasteiger partial charge in [-0.25, -0.2) is 18.7 Å². The van der Waals surface area contributed by atoms with Crippen LogP contribution in [0.5, 0.6) is 11.6 Å². The van der Waals surface area contributed by atoms with Crippen LogP contribution in [-0.4, -0.2) is 24.6 Å².